The van der Waals surface area contributed by atoms with Gasteiger partial charge in [0.1, 0.15) is 0 Å². The molecule has 1 aromatic rings. The fourth-order valence-electron chi connectivity index (χ4n) is 1.81. The van der Waals surface area contributed by atoms with E-state index in [9.17, 15) is 4.79 Å². The van der Waals surface area contributed by atoms with Crippen molar-refractivity contribution in [3.63, 3.8) is 0 Å². The van der Waals surface area contributed by atoms with Crippen molar-refractivity contribution in [1.82, 2.24) is 0 Å². The van der Waals surface area contributed by atoms with E-state index in [1.54, 1.807) is 0 Å². The first-order valence-corrected chi connectivity index (χ1v) is 5.85. The van der Waals surface area contributed by atoms with Crippen LogP contribution in [0.25, 0.3) is 0 Å². The number of hydrogen-bond acceptors (Lipinski definition) is 1. The number of Topliss-reactive ketones (excluding diaryl/α,β-unsaturated/α-hetero) is 1. The molecule has 0 radical (unpaired) electrons. The first kappa shape index (κ1) is 13.0. The van der Waals surface area contributed by atoms with Crippen molar-refractivity contribution in [2.45, 2.75) is 41.5 Å². The fourth-order valence-corrected chi connectivity index (χ4v) is 1.81. The molecule has 0 N–H and O–H groups in total. The molecule has 0 aliphatic heterocycles. The topological polar surface area (TPSA) is 17.1 Å². The number of rotatable bonds is 2. The Hall–Kier alpha value is -1.11. The molecule has 0 aromatic heterocycles. The average molecular weight is 218 g/mol. The van der Waals surface area contributed by atoms with E-state index in [2.05, 4.69) is 20.8 Å². The summed E-state index contributed by atoms with van der Waals surface area (Å²) in [6.07, 6.45) is 0. The molecule has 0 aliphatic rings. The van der Waals surface area contributed by atoms with Gasteiger partial charge in [0.15, 0.2) is 5.78 Å². The van der Waals surface area contributed by atoms with Gasteiger partial charge in [-0.25, -0.2) is 0 Å². The van der Waals surface area contributed by atoms with Crippen molar-refractivity contribution in [2.75, 3.05) is 0 Å². The molecule has 1 nitrogen and oxygen atoms in total. The lowest BCUT2D eigenvalue weighted by atomic mass is 9.76. The second kappa shape index (κ2) is 4.40. The van der Waals surface area contributed by atoms with E-state index in [0.717, 1.165) is 16.7 Å². The molecule has 0 bridgehead atoms. The number of carbonyl (C=O) groups is 1. The Kier molecular flexibility index (Phi) is 3.57. The van der Waals surface area contributed by atoms with E-state index < -0.39 is 0 Å². The highest BCUT2D eigenvalue weighted by atomic mass is 16.1. The van der Waals surface area contributed by atoms with Crippen LogP contribution in [-0.4, -0.2) is 5.78 Å². The summed E-state index contributed by atoms with van der Waals surface area (Å²) >= 11 is 0. The predicted molar refractivity (Wildman–Crippen MR) is 68.9 cm³/mol. The summed E-state index contributed by atoms with van der Waals surface area (Å²) in [4.78, 5) is 12.4. The molecule has 1 atom stereocenters. The van der Waals surface area contributed by atoms with Gasteiger partial charge in [-0.2, -0.15) is 0 Å². The maximum atomic E-state index is 12.4. The van der Waals surface area contributed by atoms with Crippen LogP contribution in [0.5, 0.6) is 0 Å². The standard InChI is InChI=1S/C15H22O/c1-10-8-7-9-11(2)13(10)14(16)12(3)15(4,5)6/h7-9,12H,1-6H3. The van der Waals surface area contributed by atoms with E-state index >= 15 is 0 Å². The molecule has 1 rings (SSSR count). The number of aryl methyl sites for hydroxylation is 2. The quantitative estimate of drug-likeness (QED) is 0.681. The predicted octanol–water partition coefficient (Wildman–Crippen LogP) is 4.17. The van der Waals surface area contributed by atoms with Crippen molar-refractivity contribution in [1.29, 1.82) is 0 Å². The van der Waals surface area contributed by atoms with E-state index in [4.69, 9.17) is 0 Å². The fraction of sp³-hybridized carbons (Fsp3) is 0.533. The van der Waals surface area contributed by atoms with Gasteiger partial charge in [-0.1, -0.05) is 45.9 Å². The molecule has 1 aromatic carbocycles. The first-order chi connectivity index (χ1) is 7.25. The molecule has 0 fully saturated rings. The third-order valence-corrected chi connectivity index (χ3v) is 3.42. The van der Waals surface area contributed by atoms with Crippen LogP contribution in [0.2, 0.25) is 0 Å². The minimum absolute atomic E-state index is 0.0196. The highest BCUT2D eigenvalue weighted by Gasteiger charge is 2.28. The van der Waals surface area contributed by atoms with E-state index in [0.29, 0.717) is 0 Å². The summed E-state index contributed by atoms with van der Waals surface area (Å²) in [5, 5.41) is 0. The zero-order valence-corrected chi connectivity index (χ0v) is 11.2. The highest BCUT2D eigenvalue weighted by molar-refractivity contribution is 6.00. The molecule has 0 aliphatic carbocycles. The van der Waals surface area contributed by atoms with Gasteiger partial charge in [0.05, 0.1) is 0 Å². The normalized spacial score (nSPS) is 13.6. The third-order valence-electron chi connectivity index (χ3n) is 3.42. The molecule has 1 unspecified atom stereocenters. The number of ketones is 1. The number of benzene rings is 1. The number of carbonyl (C=O) groups excluding carboxylic acids is 1. The molecule has 0 amide bonds. The second-order valence-corrected chi connectivity index (χ2v) is 5.72. The van der Waals surface area contributed by atoms with Gasteiger partial charge in [-0.15, -0.1) is 0 Å². The van der Waals surface area contributed by atoms with Crippen LogP contribution in [0.3, 0.4) is 0 Å². The second-order valence-electron chi connectivity index (χ2n) is 5.72. The van der Waals surface area contributed by atoms with Crippen LogP contribution in [-0.2, 0) is 0 Å². The van der Waals surface area contributed by atoms with Crippen molar-refractivity contribution in [2.24, 2.45) is 11.3 Å². The van der Waals surface area contributed by atoms with Crippen LogP contribution in [0.4, 0.5) is 0 Å². The van der Waals surface area contributed by atoms with Crippen LogP contribution in [0.1, 0.15) is 49.2 Å². The SMILES string of the molecule is Cc1cccc(C)c1C(=O)C(C)C(C)(C)C. The molecular weight excluding hydrogens is 196 g/mol. The van der Waals surface area contributed by atoms with E-state index in [-0.39, 0.29) is 17.1 Å². The van der Waals surface area contributed by atoms with Crippen molar-refractivity contribution in [3.8, 4) is 0 Å². The van der Waals surface area contributed by atoms with Gasteiger partial charge in [0, 0.05) is 11.5 Å². The zero-order valence-electron chi connectivity index (χ0n) is 11.2. The van der Waals surface area contributed by atoms with Gasteiger partial charge in [-0.3, -0.25) is 4.79 Å². The monoisotopic (exact) mass is 218 g/mol. The molecule has 16 heavy (non-hydrogen) atoms. The van der Waals surface area contributed by atoms with Gasteiger partial charge in [0.25, 0.3) is 0 Å². The smallest absolute Gasteiger partial charge is 0.166 e. The van der Waals surface area contributed by atoms with Crippen LogP contribution in [0, 0.1) is 25.2 Å². The van der Waals surface area contributed by atoms with Gasteiger partial charge >= 0.3 is 0 Å². The Morgan fingerprint density at radius 3 is 1.94 bits per heavy atom. The van der Waals surface area contributed by atoms with Crippen LogP contribution >= 0.6 is 0 Å². The van der Waals surface area contributed by atoms with Crippen molar-refractivity contribution < 1.29 is 4.79 Å². The van der Waals surface area contributed by atoms with Gasteiger partial charge < -0.3 is 0 Å². The molecular formula is C15H22O. The minimum atomic E-state index is 0.0196. The lowest BCUT2D eigenvalue weighted by Crippen LogP contribution is -2.27. The first-order valence-electron chi connectivity index (χ1n) is 5.85. The summed E-state index contributed by atoms with van der Waals surface area (Å²) in [7, 11) is 0. The molecule has 0 saturated carbocycles. The molecule has 0 spiro atoms. The minimum Gasteiger partial charge on any atom is -0.294 e. The van der Waals surface area contributed by atoms with Crippen LogP contribution in [0.15, 0.2) is 18.2 Å². The average Bonchev–Trinajstić information content (AvgIpc) is 2.14. The van der Waals surface area contributed by atoms with Gasteiger partial charge in [-0.05, 0) is 30.4 Å². The number of hydrogen-bond donors (Lipinski definition) is 0. The van der Waals surface area contributed by atoms with Gasteiger partial charge in [0.2, 0.25) is 0 Å². The largest absolute Gasteiger partial charge is 0.294 e. The highest BCUT2D eigenvalue weighted by Crippen LogP contribution is 2.30. The summed E-state index contributed by atoms with van der Waals surface area (Å²) in [6, 6.07) is 6.02. The Morgan fingerprint density at radius 2 is 1.56 bits per heavy atom. The summed E-state index contributed by atoms with van der Waals surface area (Å²) in [5.74, 6) is 0.315. The Labute approximate surface area is 98.9 Å². The van der Waals surface area contributed by atoms with Crippen molar-refractivity contribution in [3.05, 3.63) is 34.9 Å². The summed E-state index contributed by atoms with van der Waals surface area (Å²) in [5.41, 5.74) is 3.10. The van der Waals surface area contributed by atoms with Crippen molar-refractivity contribution >= 4 is 5.78 Å². The molecule has 0 heterocycles. The van der Waals surface area contributed by atoms with E-state index in [1.165, 1.54) is 0 Å². The summed E-state index contributed by atoms with van der Waals surface area (Å²) in [6.45, 7) is 12.4. The maximum Gasteiger partial charge on any atom is 0.166 e. The Bertz CT molecular complexity index is 376. The zero-order chi connectivity index (χ0) is 12.5. The third kappa shape index (κ3) is 2.52. The van der Waals surface area contributed by atoms with Crippen LogP contribution < -0.4 is 0 Å². The Morgan fingerprint density at radius 1 is 1.12 bits per heavy atom. The van der Waals surface area contributed by atoms with E-state index in [1.807, 2.05) is 39.0 Å². The summed E-state index contributed by atoms with van der Waals surface area (Å²) < 4.78 is 0. The molecule has 0 saturated heterocycles. The molecule has 1 heteroatoms. The molecule has 88 valence electrons. The Balaban J connectivity index is 3.16. The lowest BCUT2D eigenvalue weighted by Gasteiger charge is -2.27. The lowest BCUT2D eigenvalue weighted by molar-refractivity contribution is 0.0838. The maximum absolute atomic E-state index is 12.4.